The van der Waals surface area contributed by atoms with Crippen LogP contribution in [0.5, 0.6) is 0 Å². The summed E-state index contributed by atoms with van der Waals surface area (Å²) in [5.41, 5.74) is 0.214. The number of hydrogen-bond donors (Lipinski definition) is 1. The summed E-state index contributed by atoms with van der Waals surface area (Å²) in [6, 6.07) is 12.6. The lowest BCUT2D eigenvalue weighted by Crippen LogP contribution is -2.41. The summed E-state index contributed by atoms with van der Waals surface area (Å²) in [4.78, 5) is 25.2. The van der Waals surface area contributed by atoms with E-state index < -0.39 is 15.7 Å². The van der Waals surface area contributed by atoms with Crippen LogP contribution in [0.3, 0.4) is 0 Å². The minimum atomic E-state index is -4.22. The summed E-state index contributed by atoms with van der Waals surface area (Å²) in [5, 5.41) is 7.60. The van der Waals surface area contributed by atoms with Crippen LogP contribution in [0.1, 0.15) is 45.2 Å². The Kier molecular flexibility index (Phi) is 5.96. The summed E-state index contributed by atoms with van der Waals surface area (Å²) >= 11 is 5.96. The fourth-order valence-electron chi connectivity index (χ4n) is 3.50. The van der Waals surface area contributed by atoms with E-state index in [9.17, 15) is 18.0 Å². The van der Waals surface area contributed by atoms with E-state index in [4.69, 9.17) is 11.6 Å². The summed E-state index contributed by atoms with van der Waals surface area (Å²) in [6.07, 6.45) is 1.70. The number of carbonyl (C=O) groups is 1. The van der Waals surface area contributed by atoms with Crippen molar-refractivity contribution in [3.05, 3.63) is 69.6 Å². The van der Waals surface area contributed by atoms with Crippen LogP contribution in [-0.4, -0.2) is 33.6 Å². The van der Waals surface area contributed by atoms with E-state index in [0.29, 0.717) is 26.1 Å². The predicted octanol–water partition coefficient (Wildman–Crippen LogP) is 3.39. The highest BCUT2D eigenvalue weighted by Crippen LogP contribution is 2.37. The van der Waals surface area contributed by atoms with Crippen LogP contribution >= 0.6 is 11.6 Å². The van der Waals surface area contributed by atoms with Crippen molar-refractivity contribution in [3.8, 4) is 11.4 Å². The van der Waals surface area contributed by atoms with Gasteiger partial charge in [0.25, 0.3) is 10.0 Å². The van der Waals surface area contributed by atoms with Gasteiger partial charge in [-0.25, -0.2) is 4.79 Å². The Hall–Kier alpha value is -2.91. The van der Waals surface area contributed by atoms with Gasteiger partial charge in [-0.15, -0.1) is 5.10 Å². The SMILES string of the molecule is CC(C)(C)NC(=O)Cc1ccc(S(=O)(=O)n2nc(-c3ccc(Cl)cc3)n(C3CC3)c2=O)cc1. The van der Waals surface area contributed by atoms with Gasteiger partial charge in [-0.2, -0.15) is 8.42 Å². The largest absolute Gasteiger partial charge is 0.361 e. The molecule has 1 saturated carbocycles. The van der Waals surface area contributed by atoms with Gasteiger partial charge in [0.05, 0.1) is 11.3 Å². The molecular weight excluding hydrogens is 464 g/mol. The Labute approximate surface area is 197 Å². The van der Waals surface area contributed by atoms with Gasteiger partial charge in [0.15, 0.2) is 5.82 Å². The maximum Gasteiger partial charge on any atom is 0.361 e. The van der Waals surface area contributed by atoms with Crippen LogP contribution in [0, 0.1) is 0 Å². The zero-order valence-corrected chi connectivity index (χ0v) is 20.2. The maximum absolute atomic E-state index is 13.3. The molecule has 2 aromatic carbocycles. The Balaban J connectivity index is 1.66. The van der Waals surface area contributed by atoms with Gasteiger partial charge in [-0.1, -0.05) is 27.8 Å². The number of nitrogens with one attached hydrogen (secondary N) is 1. The van der Waals surface area contributed by atoms with E-state index in [0.717, 1.165) is 12.8 Å². The number of halogens is 1. The lowest BCUT2D eigenvalue weighted by atomic mass is 10.1. The first-order valence-corrected chi connectivity index (χ1v) is 12.4. The molecular formula is C23H25ClN4O4S. The molecule has 1 heterocycles. The molecule has 1 fully saturated rings. The summed E-state index contributed by atoms with van der Waals surface area (Å²) < 4.78 is 28.5. The molecule has 0 spiro atoms. The lowest BCUT2D eigenvalue weighted by Gasteiger charge is -2.20. The molecule has 0 unspecified atom stereocenters. The molecule has 10 heteroatoms. The predicted molar refractivity (Wildman–Crippen MR) is 126 cm³/mol. The first kappa shape index (κ1) is 23.3. The number of nitrogens with zero attached hydrogens (tertiary/aromatic N) is 3. The molecule has 1 aliphatic carbocycles. The van der Waals surface area contributed by atoms with Crippen molar-refractivity contribution in [1.29, 1.82) is 0 Å². The van der Waals surface area contributed by atoms with E-state index in [1.807, 2.05) is 20.8 Å². The third-order valence-corrected chi connectivity index (χ3v) is 6.94. The standard InChI is InChI=1S/C23H25ClN4O4S/c1-23(2,3)25-20(29)14-15-4-12-19(13-5-15)33(31,32)28-22(30)27(18-10-11-18)21(26-28)16-6-8-17(24)9-7-16/h4-9,12-13,18H,10-11,14H2,1-3H3,(H,25,29). The van der Waals surface area contributed by atoms with Crippen LogP contribution in [0.25, 0.3) is 11.4 Å². The van der Waals surface area contributed by atoms with Gasteiger partial charge < -0.3 is 5.32 Å². The number of hydrogen-bond acceptors (Lipinski definition) is 5. The highest BCUT2D eigenvalue weighted by Gasteiger charge is 2.33. The van der Waals surface area contributed by atoms with Gasteiger partial charge in [0.2, 0.25) is 5.91 Å². The number of amides is 1. The van der Waals surface area contributed by atoms with Gasteiger partial charge >= 0.3 is 5.69 Å². The van der Waals surface area contributed by atoms with E-state index in [-0.39, 0.29) is 28.8 Å². The molecule has 4 rings (SSSR count). The van der Waals surface area contributed by atoms with Crippen molar-refractivity contribution >= 4 is 27.5 Å². The van der Waals surface area contributed by atoms with Crippen LogP contribution in [-0.2, 0) is 21.2 Å². The quantitative estimate of drug-likeness (QED) is 0.572. The van der Waals surface area contributed by atoms with E-state index in [1.54, 1.807) is 36.4 Å². The molecule has 0 radical (unpaired) electrons. The molecule has 0 saturated heterocycles. The Morgan fingerprint density at radius 3 is 2.24 bits per heavy atom. The van der Waals surface area contributed by atoms with E-state index in [1.165, 1.54) is 16.7 Å². The number of carbonyl (C=O) groups excluding carboxylic acids is 1. The molecule has 1 aliphatic rings. The van der Waals surface area contributed by atoms with Crippen molar-refractivity contribution in [2.75, 3.05) is 0 Å². The third kappa shape index (κ3) is 5.04. The highest BCUT2D eigenvalue weighted by molar-refractivity contribution is 7.89. The molecule has 1 aromatic heterocycles. The Morgan fingerprint density at radius 2 is 1.70 bits per heavy atom. The average Bonchev–Trinajstić information content (AvgIpc) is 3.49. The molecule has 0 bridgehead atoms. The van der Waals surface area contributed by atoms with Crippen molar-refractivity contribution in [3.63, 3.8) is 0 Å². The van der Waals surface area contributed by atoms with Gasteiger partial charge in [-0.3, -0.25) is 9.36 Å². The maximum atomic E-state index is 13.3. The molecule has 174 valence electrons. The fraction of sp³-hybridized carbons (Fsp3) is 0.348. The normalized spacial score (nSPS) is 14.3. The molecule has 8 nitrogen and oxygen atoms in total. The van der Waals surface area contributed by atoms with Gasteiger partial charge in [0, 0.05) is 22.2 Å². The second-order valence-electron chi connectivity index (χ2n) is 9.18. The Morgan fingerprint density at radius 1 is 1.09 bits per heavy atom. The highest BCUT2D eigenvalue weighted by atomic mass is 35.5. The Bertz CT molecular complexity index is 1350. The zero-order valence-electron chi connectivity index (χ0n) is 18.6. The van der Waals surface area contributed by atoms with Crippen LogP contribution in [0.15, 0.2) is 58.2 Å². The smallest absolute Gasteiger partial charge is 0.351 e. The summed E-state index contributed by atoms with van der Waals surface area (Å²) in [6.45, 7) is 5.66. The first-order valence-electron chi connectivity index (χ1n) is 10.6. The number of benzene rings is 2. The number of rotatable bonds is 6. The fourth-order valence-corrected chi connectivity index (χ4v) is 4.79. The second kappa shape index (κ2) is 8.46. The second-order valence-corrected chi connectivity index (χ2v) is 11.4. The van der Waals surface area contributed by atoms with Crippen LogP contribution in [0.2, 0.25) is 5.02 Å². The number of aromatic nitrogens is 3. The molecule has 0 atom stereocenters. The minimum absolute atomic E-state index is 0.0733. The molecule has 1 amide bonds. The van der Waals surface area contributed by atoms with E-state index in [2.05, 4.69) is 10.4 Å². The van der Waals surface area contributed by atoms with Gasteiger partial charge in [-0.05, 0) is 75.6 Å². The molecule has 0 aliphatic heterocycles. The van der Waals surface area contributed by atoms with Crippen LogP contribution in [0.4, 0.5) is 0 Å². The monoisotopic (exact) mass is 488 g/mol. The average molecular weight is 489 g/mol. The van der Waals surface area contributed by atoms with Gasteiger partial charge in [0.1, 0.15) is 0 Å². The van der Waals surface area contributed by atoms with Crippen LogP contribution < -0.4 is 11.0 Å². The lowest BCUT2D eigenvalue weighted by molar-refractivity contribution is -0.121. The topological polar surface area (TPSA) is 103 Å². The minimum Gasteiger partial charge on any atom is -0.351 e. The van der Waals surface area contributed by atoms with Crippen molar-refractivity contribution in [1.82, 2.24) is 19.1 Å². The van der Waals surface area contributed by atoms with Crippen molar-refractivity contribution < 1.29 is 13.2 Å². The molecule has 33 heavy (non-hydrogen) atoms. The summed E-state index contributed by atoms with van der Waals surface area (Å²) in [5.74, 6) is 0.128. The van der Waals surface area contributed by atoms with Crippen molar-refractivity contribution in [2.24, 2.45) is 0 Å². The zero-order chi connectivity index (χ0) is 24.0. The first-order chi connectivity index (χ1) is 15.5. The third-order valence-electron chi connectivity index (χ3n) is 5.13. The molecule has 1 N–H and O–H groups in total. The summed E-state index contributed by atoms with van der Waals surface area (Å²) in [7, 11) is -4.22. The van der Waals surface area contributed by atoms with Crippen molar-refractivity contribution in [2.45, 2.75) is 56.5 Å². The van der Waals surface area contributed by atoms with E-state index >= 15 is 0 Å². The molecule has 3 aromatic rings.